The van der Waals surface area contributed by atoms with E-state index in [4.69, 9.17) is 16.3 Å². The van der Waals surface area contributed by atoms with E-state index >= 15 is 0 Å². The van der Waals surface area contributed by atoms with Crippen LogP contribution in [0.3, 0.4) is 0 Å². The summed E-state index contributed by atoms with van der Waals surface area (Å²) in [6, 6.07) is 8.01. The topological polar surface area (TPSA) is 70.1 Å². The van der Waals surface area contributed by atoms with Crippen molar-refractivity contribution in [3.05, 3.63) is 69.5 Å². The lowest BCUT2D eigenvalue weighted by Crippen LogP contribution is -2.32. The second kappa shape index (κ2) is 9.71. The van der Waals surface area contributed by atoms with Gasteiger partial charge in [-0.1, -0.05) is 23.7 Å². The minimum absolute atomic E-state index is 0.0774. The molecule has 1 fully saturated rings. The molecular formula is C24H26ClFN2O4. The molecule has 0 saturated carbocycles. The van der Waals surface area contributed by atoms with E-state index in [9.17, 15) is 19.1 Å². The van der Waals surface area contributed by atoms with Crippen LogP contribution in [0.4, 0.5) is 4.39 Å². The van der Waals surface area contributed by atoms with Crippen molar-refractivity contribution in [1.82, 2.24) is 9.80 Å². The number of Topliss-reactive ketones (excluding diaryl/α,β-unsaturated/α-hetero) is 1. The molecule has 6 nitrogen and oxygen atoms in total. The Hall–Kier alpha value is -2.90. The number of benzene rings is 2. The standard InChI is InChI=1S/C24H26ClFN2O4/c1-14-12-17(23(32-4)18(25)13-14)21(29)19-20(15-6-8-16(26)9-7-15)28(24(31)22(19)30)11-5-10-27(2)3/h6-9,12-13,20,29H,5,10-11H2,1-4H3/b21-19+. The van der Waals surface area contributed by atoms with Gasteiger partial charge in [0.15, 0.2) is 0 Å². The van der Waals surface area contributed by atoms with Crippen LogP contribution in [0.2, 0.25) is 5.02 Å². The zero-order chi connectivity index (χ0) is 23.6. The molecule has 0 radical (unpaired) electrons. The summed E-state index contributed by atoms with van der Waals surface area (Å²) in [5.74, 6) is -2.13. The average Bonchev–Trinajstić information content (AvgIpc) is 2.98. The van der Waals surface area contributed by atoms with Crippen molar-refractivity contribution in [2.45, 2.75) is 19.4 Å². The Bertz CT molecular complexity index is 1070. The summed E-state index contributed by atoms with van der Waals surface area (Å²) in [4.78, 5) is 29.4. The normalized spacial score (nSPS) is 18.0. The molecule has 1 N–H and O–H groups in total. The summed E-state index contributed by atoms with van der Waals surface area (Å²) >= 11 is 6.28. The fraction of sp³-hybridized carbons (Fsp3) is 0.333. The molecule has 1 unspecified atom stereocenters. The van der Waals surface area contributed by atoms with Gasteiger partial charge < -0.3 is 19.6 Å². The molecule has 3 rings (SSSR count). The van der Waals surface area contributed by atoms with Gasteiger partial charge in [0.25, 0.3) is 11.7 Å². The number of carbonyl (C=O) groups is 2. The van der Waals surface area contributed by atoms with E-state index < -0.39 is 23.5 Å². The number of ether oxygens (including phenoxy) is 1. The predicted molar refractivity (Wildman–Crippen MR) is 121 cm³/mol. The molecule has 1 atom stereocenters. The second-order valence-corrected chi connectivity index (χ2v) is 8.44. The lowest BCUT2D eigenvalue weighted by molar-refractivity contribution is -0.139. The first-order chi connectivity index (χ1) is 15.1. The maximum absolute atomic E-state index is 13.6. The van der Waals surface area contributed by atoms with E-state index in [0.717, 1.165) is 5.56 Å². The highest BCUT2D eigenvalue weighted by Gasteiger charge is 2.46. The SMILES string of the molecule is COc1c(Cl)cc(C)cc1/C(O)=C1\C(=O)C(=O)N(CCCN(C)C)C1c1ccc(F)cc1. The van der Waals surface area contributed by atoms with Gasteiger partial charge in [-0.05, 0) is 69.4 Å². The first-order valence-corrected chi connectivity index (χ1v) is 10.6. The molecule has 1 saturated heterocycles. The summed E-state index contributed by atoms with van der Waals surface area (Å²) in [6.07, 6.45) is 0.622. The minimum Gasteiger partial charge on any atom is -0.507 e. The van der Waals surface area contributed by atoms with Crippen LogP contribution in [-0.2, 0) is 9.59 Å². The van der Waals surface area contributed by atoms with Gasteiger partial charge in [0, 0.05) is 6.54 Å². The van der Waals surface area contributed by atoms with E-state index in [0.29, 0.717) is 25.1 Å². The molecule has 32 heavy (non-hydrogen) atoms. The third-order valence-electron chi connectivity index (χ3n) is 5.38. The van der Waals surface area contributed by atoms with Gasteiger partial charge in [-0.3, -0.25) is 9.59 Å². The van der Waals surface area contributed by atoms with Crippen LogP contribution in [0.25, 0.3) is 5.76 Å². The molecule has 0 spiro atoms. The highest BCUT2D eigenvalue weighted by atomic mass is 35.5. The summed E-state index contributed by atoms with van der Waals surface area (Å²) in [5, 5.41) is 11.5. The van der Waals surface area contributed by atoms with Gasteiger partial charge in [-0.15, -0.1) is 0 Å². The van der Waals surface area contributed by atoms with Crippen molar-refractivity contribution in [2.24, 2.45) is 0 Å². The number of rotatable bonds is 7. The Morgan fingerprint density at radius 1 is 1.22 bits per heavy atom. The Morgan fingerprint density at radius 2 is 1.88 bits per heavy atom. The Balaban J connectivity index is 2.18. The van der Waals surface area contributed by atoms with Crippen molar-refractivity contribution in [1.29, 1.82) is 0 Å². The number of halogens is 2. The maximum atomic E-state index is 13.6. The van der Waals surface area contributed by atoms with Gasteiger partial charge >= 0.3 is 0 Å². The first kappa shape index (κ1) is 23.8. The number of aryl methyl sites for hydroxylation is 1. The predicted octanol–water partition coefficient (Wildman–Crippen LogP) is 4.17. The smallest absolute Gasteiger partial charge is 0.295 e. The summed E-state index contributed by atoms with van der Waals surface area (Å²) < 4.78 is 18.9. The molecule has 170 valence electrons. The van der Waals surface area contributed by atoms with Gasteiger partial charge in [-0.2, -0.15) is 0 Å². The zero-order valence-electron chi connectivity index (χ0n) is 18.5. The van der Waals surface area contributed by atoms with Crippen LogP contribution in [0.1, 0.15) is 29.2 Å². The molecule has 2 aromatic carbocycles. The minimum atomic E-state index is -0.859. The first-order valence-electron chi connectivity index (χ1n) is 10.2. The van der Waals surface area contributed by atoms with E-state index in [1.165, 1.54) is 36.3 Å². The number of aliphatic hydroxyl groups excluding tert-OH is 1. The summed E-state index contributed by atoms with van der Waals surface area (Å²) in [7, 11) is 5.24. The van der Waals surface area contributed by atoms with E-state index in [1.807, 2.05) is 19.0 Å². The van der Waals surface area contributed by atoms with Crippen LogP contribution in [0, 0.1) is 12.7 Å². The van der Waals surface area contributed by atoms with Gasteiger partial charge in [0.1, 0.15) is 17.3 Å². The van der Waals surface area contributed by atoms with Crippen LogP contribution >= 0.6 is 11.6 Å². The van der Waals surface area contributed by atoms with E-state index in [-0.39, 0.29) is 27.7 Å². The van der Waals surface area contributed by atoms with Crippen LogP contribution in [0.15, 0.2) is 42.0 Å². The summed E-state index contributed by atoms with van der Waals surface area (Å²) in [6.45, 7) is 2.80. The number of methoxy groups -OCH3 is 1. The number of nitrogens with zero attached hydrogens (tertiary/aromatic N) is 2. The largest absolute Gasteiger partial charge is 0.507 e. The zero-order valence-corrected chi connectivity index (χ0v) is 19.2. The Kier molecular flexibility index (Phi) is 7.21. The molecule has 0 aromatic heterocycles. The van der Waals surface area contributed by atoms with E-state index in [1.54, 1.807) is 19.1 Å². The lowest BCUT2D eigenvalue weighted by atomic mass is 9.94. The van der Waals surface area contributed by atoms with E-state index in [2.05, 4.69) is 0 Å². The molecule has 8 heteroatoms. The Morgan fingerprint density at radius 3 is 2.47 bits per heavy atom. The van der Waals surface area contributed by atoms with Crippen LogP contribution in [0.5, 0.6) is 5.75 Å². The number of ketones is 1. The van der Waals surface area contributed by atoms with Crippen molar-refractivity contribution >= 4 is 29.1 Å². The van der Waals surface area contributed by atoms with Crippen LogP contribution < -0.4 is 4.74 Å². The monoisotopic (exact) mass is 460 g/mol. The van der Waals surface area contributed by atoms with Crippen LogP contribution in [-0.4, -0.2) is 60.9 Å². The quantitative estimate of drug-likeness (QED) is 0.381. The highest BCUT2D eigenvalue weighted by Crippen LogP contribution is 2.42. The van der Waals surface area contributed by atoms with Gasteiger partial charge in [0.2, 0.25) is 0 Å². The van der Waals surface area contributed by atoms with Crippen molar-refractivity contribution < 1.29 is 23.8 Å². The lowest BCUT2D eigenvalue weighted by Gasteiger charge is -2.26. The number of aliphatic hydroxyl groups is 1. The molecule has 1 aliphatic rings. The van der Waals surface area contributed by atoms with Crippen molar-refractivity contribution in [2.75, 3.05) is 34.3 Å². The summed E-state index contributed by atoms with van der Waals surface area (Å²) in [5.41, 5.74) is 1.41. The molecule has 1 heterocycles. The number of hydrogen-bond donors (Lipinski definition) is 1. The molecule has 2 aromatic rings. The highest BCUT2D eigenvalue weighted by molar-refractivity contribution is 6.46. The number of carbonyl (C=O) groups excluding carboxylic acids is 2. The molecule has 0 bridgehead atoms. The molecular weight excluding hydrogens is 435 g/mol. The third kappa shape index (κ3) is 4.64. The molecule has 1 aliphatic heterocycles. The van der Waals surface area contributed by atoms with Gasteiger partial charge in [0.05, 0.1) is 29.3 Å². The number of likely N-dealkylation sites (tertiary alicyclic amines) is 1. The third-order valence-corrected chi connectivity index (χ3v) is 5.66. The Labute approximate surface area is 191 Å². The molecule has 0 aliphatic carbocycles. The van der Waals surface area contributed by atoms with Crippen molar-refractivity contribution in [3.63, 3.8) is 0 Å². The number of amides is 1. The second-order valence-electron chi connectivity index (χ2n) is 8.03. The maximum Gasteiger partial charge on any atom is 0.295 e. The number of hydrogen-bond acceptors (Lipinski definition) is 5. The van der Waals surface area contributed by atoms with Crippen molar-refractivity contribution in [3.8, 4) is 5.75 Å². The fourth-order valence-corrected chi connectivity index (χ4v) is 4.27. The fourth-order valence-electron chi connectivity index (χ4n) is 3.92. The molecule has 1 amide bonds. The average molecular weight is 461 g/mol. The van der Waals surface area contributed by atoms with Gasteiger partial charge in [-0.25, -0.2) is 4.39 Å².